The lowest BCUT2D eigenvalue weighted by atomic mass is 10.1. The van der Waals surface area contributed by atoms with Crippen molar-refractivity contribution in [3.8, 4) is 92.0 Å². The number of ether oxygens (including phenoxy) is 8. The van der Waals surface area contributed by atoms with Gasteiger partial charge in [-0.05, 0) is 133 Å². The third-order valence-corrected chi connectivity index (χ3v) is 39.0. The molecule has 0 radical (unpaired) electrons. The van der Waals surface area contributed by atoms with Crippen LogP contribution in [0.4, 0.5) is 11.6 Å². The average molecular weight is 2770 g/mol. The summed E-state index contributed by atoms with van der Waals surface area (Å²) in [6, 6.07) is 51.7. The van der Waals surface area contributed by atoms with E-state index in [1.54, 1.807) is 0 Å². The fraction of sp³-hybridized carbons (Fsp3) is 0.265. The molecule has 4 aromatic carbocycles. The Bertz CT molecular complexity index is 6560. The Labute approximate surface area is 926 Å². The molecule has 0 saturated carbocycles. The lowest BCUT2D eigenvalue weighted by Crippen LogP contribution is -3.00. The van der Waals surface area contributed by atoms with E-state index in [0.717, 1.165) is 74.8 Å². The molecule has 14 heterocycles. The zero-order chi connectivity index (χ0) is 87.8. The summed E-state index contributed by atoms with van der Waals surface area (Å²) in [6.07, 6.45) is 36.1. The van der Waals surface area contributed by atoms with E-state index in [-0.39, 0.29) is 192 Å². The summed E-state index contributed by atoms with van der Waals surface area (Å²) in [5, 5.41) is 2.35. The molecule has 4 aliphatic rings. The van der Waals surface area contributed by atoms with Crippen molar-refractivity contribution in [2.75, 3.05) is 0 Å². The third-order valence-electron chi connectivity index (χ3n) is 23.0. The van der Waals surface area contributed by atoms with Gasteiger partial charge in [-0.2, -0.15) is 0 Å². The third kappa shape index (κ3) is 23.5. The fourth-order valence-electron chi connectivity index (χ4n) is 17.8. The lowest BCUT2D eigenvalue weighted by molar-refractivity contribution is -0.671. The minimum absolute atomic E-state index is 0. The van der Waals surface area contributed by atoms with Crippen LogP contribution in [0, 0.1) is 0 Å². The van der Waals surface area contributed by atoms with Crippen LogP contribution in [-0.4, -0.2) is 57.3 Å². The van der Waals surface area contributed by atoms with Crippen LogP contribution < -0.4 is 277 Å². The number of rotatable bonds is 32. The molecule has 135 heavy (non-hydrogen) atoms. The summed E-state index contributed by atoms with van der Waals surface area (Å²) < 4.78 is 97.3. The molecule has 706 valence electrons. The molecule has 0 fully saturated rings. The molecule has 0 unspecified atom stereocenters. The number of aromatic nitrogens is 10. The van der Waals surface area contributed by atoms with Gasteiger partial charge in [-0.3, -0.25) is 8.47 Å². The quantitative estimate of drug-likeness (QED) is 0.0221. The van der Waals surface area contributed by atoms with Gasteiger partial charge in [0.1, 0.15) is 79.0 Å². The Kier molecular flexibility index (Phi) is 38.4. The summed E-state index contributed by atoms with van der Waals surface area (Å²) in [7, 11) is 3.89. The molecule has 14 aromatic rings. The van der Waals surface area contributed by atoms with Gasteiger partial charge in [-0.25, -0.2) is 66.5 Å². The van der Waals surface area contributed by atoms with E-state index in [0.29, 0.717) is 182 Å². The molecule has 10 aromatic heterocycles. The van der Waals surface area contributed by atoms with E-state index in [1.165, 1.54) is 0 Å². The average Bonchev–Trinajstić information content (AvgIpc) is 1.52. The number of benzene rings is 4. The highest BCUT2D eigenvalue weighted by Crippen LogP contribution is 2.53. The van der Waals surface area contributed by atoms with Crippen LogP contribution in [0.5, 0.6) is 92.0 Å². The smallest absolute Gasteiger partial charge is 0.582 e. The van der Waals surface area contributed by atoms with E-state index in [2.05, 4.69) is 50.0 Å². The Hall–Kier alpha value is -7.75. The first-order chi connectivity index (χ1) is 61.7. The topological polar surface area (TPSA) is 207 Å². The first kappa shape index (κ1) is 109. The summed E-state index contributed by atoms with van der Waals surface area (Å²) in [6.45, 7) is 13.7. The standard InChI is InChI=1S/C98H106N16O10Si3.8HI/c1-15-45-125(46-16-2,47-17-3)123-127(124-126(48-18-4,49-19-5)50-20-6)113-95-79-55-87(119-71-33-25-41-109(11)63-71)88(120-72-34-26-42-110(12)64-72)56-80(79)97(113)103-93-77-53-85(117-69-31-23-39-107(9)61-69)86(118-70-32-24-40-108(10)62-70)54-78(77)94(100-93)104-98-82-58-90(122-74-36-28-44-112(14)66-74)89(121-73-35-27-43-111(13)65-73)57-81(82)96(114(98)127)102-92-76-52-84(116-68-30-22-38-106(8)60-68)83(51-75(76)91(99-92)101-95)115-67-29-21-37-105(7)59-67;;;;;;;;/h21-44,51-66H,15-20,45-50H2,1-14H3;8*1H/q+8;;;;;;;;/p-8. The maximum Gasteiger partial charge on any atom is 0.582 e. The first-order valence-electron chi connectivity index (χ1n) is 43.8. The molecule has 0 saturated heterocycles. The van der Waals surface area contributed by atoms with Crippen LogP contribution in [0.2, 0.25) is 36.3 Å². The monoisotopic (exact) mass is 2770 g/mol. The summed E-state index contributed by atoms with van der Waals surface area (Å²) in [5.74, 6) is 9.35. The van der Waals surface area contributed by atoms with E-state index in [4.69, 9.17) is 67.8 Å². The number of aliphatic imine (C=N–C) groups is 4. The number of hydrogen-bond donors (Lipinski definition) is 0. The van der Waals surface area contributed by atoms with Crippen molar-refractivity contribution in [1.82, 2.24) is 8.47 Å². The van der Waals surface area contributed by atoms with Crippen LogP contribution in [0.1, 0.15) is 102 Å². The van der Waals surface area contributed by atoms with Gasteiger partial charge in [0.05, 0.1) is 0 Å². The van der Waals surface area contributed by atoms with Gasteiger partial charge in [0, 0.05) is 92.3 Å². The number of nitrogens with zero attached hydrogens (tertiary/aromatic N) is 16. The number of fused-ring (bicyclic) bond motifs is 14. The molecule has 0 N–H and O–H groups in total. The molecule has 0 atom stereocenters. The molecular formula is C98H106I8N16O10Si3. The number of pyridine rings is 8. The van der Waals surface area contributed by atoms with Gasteiger partial charge < -0.3 is 238 Å². The molecule has 0 amide bonds. The van der Waals surface area contributed by atoms with Crippen molar-refractivity contribution in [3.63, 3.8) is 0 Å². The van der Waals surface area contributed by atoms with E-state index < -0.39 is 25.5 Å². The largest absolute Gasteiger partial charge is 1.00 e. The summed E-state index contributed by atoms with van der Waals surface area (Å²) in [5.41, 5.74) is 3.11. The minimum atomic E-state index is -5.21. The number of hydrogen-bond acceptors (Lipinski definition) is 16. The Morgan fingerprint density at radius 1 is 0.252 bits per heavy atom. The van der Waals surface area contributed by atoms with E-state index >= 15 is 0 Å². The van der Waals surface area contributed by atoms with Gasteiger partial charge >= 0.3 is 8.88 Å². The molecule has 4 aliphatic heterocycles. The van der Waals surface area contributed by atoms with Crippen molar-refractivity contribution >= 4 is 82.0 Å². The normalized spacial score (nSPS) is 12.7. The second-order valence-corrected chi connectivity index (χ2v) is 44.7. The predicted octanol–water partition coefficient (Wildman–Crippen LogP) is -7.28. The van der Waals surface area contributed by atoms with Crippen LogP contribution >= 0.6 is 0 Å². The van der Waals surface area contributed by atoms with E-state index in [1.807, 2.05) is 338 Å². The van der Waals surface area contributed by atoms with Gasteiger partial charge in [-0.1, -0.05) is 80.1 Å². The van der Waals surface area contributed by atoms with Crippen molar-refractivity contribution in [2.24, 2.45) is 86.3 Å². The molecule has 18 rings (SSSR count). The zero-order valence-electron chi connectivity index (χ0n) is 77.3. The van der Waals surface area contributed by atoms with Crippen molar-refractivity contribution in [2.45, 2.75) is 116 Å². The van der Waals surface area contributed by atoms with Crippen LogP contribution in [-0.2, 0) is 64.6 Å². The Balaban J connectivity index is 0.00000236. The molecule has 6 bridgehead atoms. The molecular weight excluding hydrogens is 2660 g/mol. The Morgan fingerprint density at radius 2 is 0.444 bits per heavy atom. The number of amidine groups is 4. The van der Waals surface area contributed by atoms with Crippen molar-refractivity contribution in [1.29, 1.82) is 0 Å². The summed E-state index contributed by atoms with van der Waals surface area (Å²) >= 11 is 0. The van der Waals surface area contributed by atoms with Crippen LogP contribution in [0.3, 0.4) is 0 Å². The maximum atomic E-state index is 9.51. The molecule has 26 nitrogen and oxygen atoms in total. The van der Waals surface area contributed by atoms with Gasteiger partial charge in [0.25, 0.3) is 0 Å². The highest BCUT2D eigenvalue weighted by Gasteiger charge is 2.61. The second-order valence-electron chi connectivity index (χ2n) is 33.4. The number of aryl methyl sites for hydroxylation is 8. The molecule has 37 heteroatoms. The highest BCUT2D eigenvalue weighted by molar-refractivity contribution is 6.89. The van der Waals surface area contributed by atoms with Crippen molar-refractivity contribution < 1.29 is 274 Å². The fourth-order valence-corrected chi connectivity index (χ4v) is 35.7. The maximum absolute atomic E-state index is 9.51. The molecule has 0 aliphatic carbocycles. The summed E-state index contributed by atoms with van der Waals surface area (Å²) in [4.78, 5) is 36.9. The van der Waals surface area contributed by atoms with Crippen molar-refractivity contribution in [3.05, 3.63) is 278 Å². The predicted molar refractivity (Wildman–Crippen MR) is 487 cm³/mol. The number of halogens is 8. The van der Waals surface area contributed by atoms with Crippen LogP contribution in [0.25, 0.3) is 21.5 Å². The van der Waals surface area contributed by atoms with Gasteiger partial charge in [0.15, 0.2) is 182 Å². The Morgan fingerprint density at radius 3 is 0.644 bits per heavy atom. The lowest BCUT2D eigenvalue weighted by Gasteiger charge is -2.47. The molecule has 0 spiro atoms. The van der Waals surface area contributed by atoms with E-state index in [9.17, 15) is 8.23 Å². The van der Waals surface area contributed by atoms with Gasteiger partial charge in [0.2, 0.25) is 49.6 Å². The second kappa shape index (κ2) is 47.5. The van der Waals surface area contributed by atoms with Crippen LogP contribution in [0.15, 0.2) is 275 Å². The minimum Gasteiger partial charge on any atom is -1.00 e. The highest BCUT2D eigenvalue weighted by atomic mass is 127. The first-order valence-corrected chi connectivity index (χ1v) is 50.5. The zero-order valence-corrected chi connectivity index (χ0v) is 97.6. The van der Waals surface area contributed by atoms with Gasteiger partial charge in [-0.15, -0.1) is 0 Å². The SMILES string of the molecule is CCC[Si](CCC)(CCC)O[Si]1(O[Si](CCC)(CCC)CCC)n2c3c4cc(Oc5ccc[n+](C)c5)c(Oc5ccc[n+](C)c5)cc4c2N=C2N=C(N=c4c5cc(Oc6ccc[n+](C)c6)c(Oc6ccc[n+](C)c6)cc5c(n41)=NC1=NC(=N3)c3cc(Oc4ccc[n+](C)c4)c(Oc4ccc[n+](C)c4)cc31)c1cc(Oc3ccc[n+](C)c3)c(Oc3ccc[n+](C)c3)cc12.[I-].[I-].[I-].[I-].[I-].[I-].[I-].[I-].